The van der Waals surface area contributed by atoms with Gasteiger partial charge in [0.2, 0.25) is 27.6 Å². The van der Waals surface area contributed by atoms with Crippen LogP contribution in [0.4, 0.5) is 4.79 Å². The lowest BCUT2D eigenvalue weighted by Gasteiger charge is -2.41. The number of rotatable bonds is 16. The van der Waals surface area contributed by atoms with Crippen molar-refractivity contribution < 1.29 is 32.4 Å². The van der Waals surface area contributed by atoms with Crippen molar-refractivity contribution in [3.63, 3.8) is 0 Å². The molecule has 1 heterocycles. The van der Waals surface area contributed by atoms with Crippen LogP contribution in [0.3, 0.4) is 0 Å². The molecule has 0 aromatic heterocycles. The topological polar surface area (TPSA) is 174 Å². The molecular weight excluding hydrogens is 697 g/mol. The summed E-state index contributed by atoms with van der Waals surface area (Å²) in [5, 5.41) is 11.7. The van der Waals surface area contributed by atoms with Crippen LogP contribution in [0.15, 0.2) is 0 Å². The molecule has 298 valence electrons. The van der Waals surface area contributed by atoms with E-state index >= 15 is 0 Å². The summed E-state index contributed by atoms with van der Waals surface area (Å²) in [4.78, 5) is 70.5. The minimum atomic E-state index is -3.69. The highest BCUT2D eigenvalue weighted by Gasteiger charge is 2.70. The predicted molar refractivity (Wildman–Crippen MR) is 201 cm³/mol. The maximum Gasteiger partial charge on any atom is 0.315 e. The minimum absolute atomic E-state index is 0.0102. The Morgan fingerprint density at radius 1 is 0.925 bits per heavy atom. The monoisotopic (exact) mass is 760 g/mol. The van der Waals surface area contributed by atoms with E-state index in [1.165, 1.54) is 4.31 Å². The molecule has 1 saturated heterocycles. The van der Waals surface area contributed by atoms with Gasteiger partial charge in [0.05, 0.1) is 17.3 Å². The van der Waals surface area contributed by atoms with Gasteiger partial charge in [-0.15, -0.1) is 0 Å². The molecule has 0 bridgehead atoms. The zero-order valence-electron chi connectivity index (χ0n) is 33.0. The minimum Gasteiger partial charge on any atom is -0.347 e. The summed E-state index contributed by atoms with van der Waals surface area (Å²) in [5.41, 5.74) is -1.92. The van der Waals surface area contributed by atoms with Crippen molar-refractivity contribution in [1.29, 1.82) is 0 Å². The lowest BCUT2D eigenvalue weighted by molar-refractivity contribution is -0.145. The summed E-state index contributed by atoms with van der Waals surface area (Å²) < 4.78 is 28.9. The number of Topliss-reactive ketones (excluding diaryl/α,β-unsaturated/α-hetero) is 1. The first-order valence-corrected chi connectivity index (χ1v) is 21.8. The van der Waals surface area contributed by atoms with E-state index in [4.69, 9.17) is 0 Å². The molecule has 13 nitrogen and oxygen atoms in total. The maximum absolute atomic E-state index is 14.6. The van der Waals surface area contributed by atoms with E-state index in [-0.39, 0.29) is 35.1 Å². The molecule has 4 N–H and O–H groups in total. The Morgan fingerprint density at radius 2 is 1.57 bits per heavy atom. The van der Waals surface area contributed by atoms with Gasteiger partial charge in [-0.3, -0.25) is 19.2 Å². The first kappa shape index (κ1) is 39.9. The summed E-state index contributed by atoms with van der Waals surface area (Å²) in [7, 11) is -2.06. The molecule has 0 radical (unpaired) electrons. The van der Waals surface area contributed by atoms with Gasteiger partial charge in [-0.2, -0.15) is 0 Å². The van der Waals surface area contributed by atoms with Crippen LogP contribution in [0.1, 0.15) is 125 Å². The number of sulfonamides is 1. The quantitative estimate of drug-likeness (QED) is 0.174. The van der Waals surface area contributed by atoms with Crippen LogP contribution in [0.5, 0.6) is 0 Å². The second-order valence-corrected chi connectivity index (χ2v) is 21.2. The summed E-state index contributed by atoms with van der Waals surface area (Å²) in [5.74, 6) is -1.58. The fourth-order valence-electron chi connectivity index (χ4n) is 9.13. The molecule has 6 rings (SSSR count). The van der Waals surface area contributed by atoms with Crippen molar-refractivity contribution in [3.05, 3.63) is 0 Å². The normalized spacial score (nSPS) is 27.9. The van der Waals surface area contributed by atoms with E-state index in [9.17, 15) is 32.4 Å². The molecule has 6 aliphatic rings. The van der Waals surface area contributed by atoms with Gasteiger partial charge in [0.1, 0.15) is 12.1 Å². The Morgan fingerprint density at radius 3 is 2.13 bits per heavy atom. The first-order chi connectivity index (χ1) is 24.7. The summed E-state index contributed by atoms with van der Waals surface area (Å²) >= 11 is 0. The molecule has 0 aromatic rings. The molecule has 6 atom stereocenters. The van der Waals surface area contributed by atoms with Gasteiger partial charge in [-0.05, 0) is 92.8 Å². The molecule has 5 amide bonds. The average Bonchev–Trinajstić information content (AvgIpc) is 3.88. The largest absolute Gasteiger partial charge is 0.347 e. The van der Waals surface area contributed by atoms with Crippen LogP contribution in [0.2, 0.25) is 0 Å². The van der Waals surface area contributed by atoms with Crippen LogP contribution >= 0.6 is 0 Å². The fourth-order valence-corrected chi connectivity index (χ4v) is 11.1. The Hall–Kier alpha value is -2.74. The average molecular weight is 761 g/mol. The Bertz CT molecular complexity index is 1560. The number of urea groups is 1. The molecule has 53 heavy (non-hydrogen) atoms. The number of likely N-dealkylation sites (tertiary alicyclic amines) is 1. The van der Waals surface area contributed by atoms with Gasteiger partial charge in [-0.25, -0.2) is 17.5 Å². The molecule has 5 aliphatic carbocycles. The Labute approximate surface area is 316 Å². The van der Waals surface area contributed by atoms with Gasteiger partial charge in [0.15, 0.2) is 0 Å². The Balaban J connectivity index is 1.17. The van der Waals surface area contributed by atoms with Crippen LogP contribution < -0.4 is 21.3 Å². The highest BCUT2D eigenvalue weighted by atomic mass is 32.2. The zero-order chi connectivity index (χ0) is 38.7. The molecular formula is C39H64N6O7S. The number of fused-ring (bicyclic) bond motifs is 1. The van der Waals surface area contributed by atoms with Gasteiger partial charge >= 0.3 is 6.03 Å². The van der Waals surface area contributed by atoms with Crippen LogP contribution in [0.25, 0.3) is 0 Å². The Kier molecular flexibility index (Phi) is 11.1. The summed E-state index contributed by atoms with van der Waals surface area (Å²) in [6, 6.07) is -3.56. The highest BCUT2D eigenvalue weighted by molar-refractivity contribution is 7.89. The van der Waals surface area contributed by atoms with Crippen LogP contribution in [0, 0.1) is 34.5 Å². The number of hydrogen-bond donors (Lipinski definition) is 4. The molecule has 6 fully saturated rings. The van der Waals surface area contributed by atoms with Crippen LogP contribution in [-0.4, -0.2) is 102 Å². The molecule has 0 spiro atoms. The second kappa shape index (κ2) is 14.7. The lowest BCUT2D eigenvalue weighted by Crippen LogP contribution is -2.64. The number of ketones is 1. The van der Waals surface area contributed by atoms with Gasteiger partial charge < -0.3 is 26.2 Å². The third-order valence-corrected chi connectivity index (χ3v) is 15.6. The first-order valence-electron chi connectivity index (χ1n) is 20.2. The molecule has 1 aliphatic heterocycles. The second-order valence-electron chi connectivity index (χ2n) is 19.2. The predicted octanol–water partition coefficient (Wildman–Crippen LogP) is 3.47. The standard InChI is InChI=1S/C39H64N6O7S/c1-23(25-14-15-25)44(7)53(51,52)22-39(19-9-8-10-20-39)43-36(50)42-32(37(2,3)4)35(49)45-21-27-29(38(27,5)6)30(45)33(47)41-28(18-13-24-11-12-24)31(46)34(48)40-26-16-17-26/h23-30,32H,8-22H2,1-7H3,(H,40,48)(H,41,47)(H2,42,43,50)/t23-,27-,28-,29-,30-,32+/m0/s1. The summed E-state index contributed by atoms with van der Waals surface area (Å²) in [6.45, 7) is 12.0. The molecule has 0 aromatic carbocycles. The fraction of sp³-hybridized carbons (Fsp3) is 0.872. The van der Waals surface area contributed by atoms with Crippen molar-refractivity contribution in [1.82, 2.24) is 30.5 Å². The van der Waals surface area contributed by atoms with Crippen LogP contribution in [-0.2, 0) is 29.2 Å². The van der Waals surface area contributed by atoms with Crippen molar-refractivity contribution >= 4 is 39.6 Å². The number of hydrogen-bond acceptors (Lipinski definition) is 7. The van der Waals surface area contributed by atoms with Crippen molar-refractivity contribution in [3.8, 4) is 0 Å². The van der Waals surface area contributed by atoms with E-state index in [2.05, 4.69) is 35.1 Å². The SMILES string of the molecule is C[C@@H](C1CC1)N(C)S(=O)(=O)CC1(NC(=O)N[C@H](C(=O)N2C[C@H]3[C@@H]([C@H]2C(=O)N[C@@H](CCC2CC2)C(=O)C(=O)NC2CC2)C3(C)C)C(C)(C)C)CCCCC1. The van der Waals surface area contributed by atoms with Gasteiger partial charge in [0.25, 0.3) is 5.91 Å². The number of nitrogens with one attached hydrogen (secondary N) is 4. The van der Waals surface area contributed by atoms with Gasteiger partial charge in [0, 0.05) is 25.7 Å². The number of nitrogens with zero attached hydrogens (tertiary/aromatic N) is 2. The number of piperidine rings is 1. The van der Waals surface area contributed by atoms with Crippen molar-refractivity contribution in [2.75, 3.05) is 19.3 Å². The van der Waals surface area contributed by atoms with E-state index in [1.54, 1.807) is 11.9 Å². The maximum atomic E-state index is 14.6. The zero-order valence-corrected chi connectivity index (χ0v) is 33.8. The summed E-state index contributed by atoms with van der Waals surface area (Å²) in [6.07, 6.45) is 10.5. The molecule has 0 unspecified atom stereocenters. The van der Waals surface area contributed by atoms with E-state index in [0.29, 0.717) is 37.6 Å². The lowest BCUT2D eigenvalue weighted by atomic mass is 9.83. The van der Waals surface area contributed by atoms with Gasteiger partial charge in [-0.1, -0.05) is 66.7 Å². The van der Waals surface area contributed by atoms with Crippen molar-refractivity contribution in [2.45, 2.75) is 161 Å². The number of amides is 5. The molecule has 5 saturated carbocycles. The molecule has 14 heteroatoms. The van der Waals surface area contributed by atoms with E-state index < -0.39 is 68.6 Å². The third kappa shape index (κ3) is 9.05. The number of carbonyl (C=O) groups excluding carboxylic acids is 5. The number of carbonyl (C=O) groups is 5. The van der Waals surface area contributed by atoms with E-state index in [1.807, 2.05) is 27.7 Å². The van der Waals surface area contributed by atoms with E-state index in [0.717, 1.165) is 64.2 Å². The highest BCUT2D eigenvalue weighted by Crippen LogP contribution is 2.65. The third-order valence-electron chi connectivity index (χ3n) is 13.4. The van der Waals surface area contributed by atoms with Crippen molar-refractivity contribution in [2.24, 2.45) is 34.5 Å². The smallest absolute Gasteiger partial charge is 0.315 e.